The van der Waals surface area contributed by atoms with Crippen LogP contribution < -0.4 is 4.74 Å². The number of aryl methyl sites for hydroxylation is 1. The number of rotatable bonds is 8. The number of fused-ring (bicyclic) bond motifs is 2. The van der Waals surface area contributed by atoms with Crippen molar-refractivity contribution in [3.63, 3.8) is 0 Å². The summed E-state index contributed by atoms with van der Waals surface area (Å²) in [6.07, 6.45) is 4.25. The molecule has 0 aliphatic rings. The van der Waals surface area contributed by atoms with Gasteiger partial charge in [0.25, 0.3) is 0 Å². The first-order valence-electron chi connectivity index (χ1n) is 12.5. The van der Waals surface area contributed by atoms with Crippen LogP contribution in [0.2, 0.25) is 24.7 Å². The van der Waals surface area contributed by atoms with Gasteiger partial charge in [0.15, 0.2) is 0 Å². The van der Waals surface area contributed by atoms with Crippen LogP contribution in [0, 0.1) is 6.92 Å². The molecule has 198 valence electrons. The molecule has 9 nitrogen and oxygen atoms in total. The van der Waals surface area contributed by atoms with Gasteiger partial charge >= 0.3 is 0 Å². The predicted molar refractivity (Wildman–Crippen MR) is 151 cm³/mol. The lowest BCUT2D eigenvalue weighted by Crippen LogP contribution is -2.38. The fourth-order valence-electron chi connectivity index (χ4n) is 3.94. The minimum absolute atomic E-state index is 0.232. The molecular weight excluding hydrogens is 520 g/mol. The first-order chi connectivity index (χ1) is 18.0. The van der Waals surface area contributed by atoms with Gasteiger partial charge in [0, 0.05) is 23.6 Å². The number of aliphatic hydroxyl groups excluding tert-OH is 1. The van der Waals surface area contributed by atoms with Crippen molar-refractivity contribution in [1.29, 1.82) is 0 Å². The normalized spacial score (nSPS) is 13.8. The van der Waals surface area contributed by atoms with Crippen molar-refractivity contribution in [3.8, 4) is 22.8 Å². The Morgan fingerprint density at radius 2 is 1.84 bits per heavy atom. The zero-order valence-corrected chi connectivity index (χ0v) is 24.1. The number of halogens is 1. The molecule has 2 atom stereocenters. The summed E-state index contributed by atoms with van der Waals surface area (Å²) < 4.78 is 15.9. The summed E-state index contributed by atoms with van der Waals surface area (Å²) in [5.41, 5.74) is 4.51. The molecule has 3 heterocycles. The average molecular weight is 551 g/mol. The molecule has 0 spiro atoms. The van der Waals surface area contributed by atoms with Gasteiger partial charge in [0.2, 0.25) is 0 Å². The lowest BCUT2D eigenvalue weighted by Gasteiger charge is -2.25. The third-order valence-electron chi connectivity index (χ3n) is 6.71. The molecule has 0 fully saturated rings. The van der Waals surface area contributed by atoms with Crippen molar-refractivity contribution in [2.45, 2.75) is 59.1 Å². The standard InChI is InChI=1S/C27H31ClN6O3Si/c1-16-31-22-11-20(7-9-24(22)33(16)15-36-18(3)38(4,5)6)37-25-10-8-21-27(26(25)28)32-23(13-29-21)19-12-30-34(14-19)17(2)35/h7-14,17-18,35H,15H2,1-6H3. The minimum Gasteiger partial charge on any atom is -0.456 e. The predicted octanol–water partition coefficient (Wildman–Crippen LogP) is 6.35. The molecule has 11 heteroatoms. The summed E-state index contributed by atoms with van der Waals surface area (Å²) in [4.78, 5) is 13.9. The summed E-state index contributed by atoms with van der Waals surface area (Å²) in [7, 11) is -1.40. The Balaban J connectivity index is 1.41. The molecule has 38 heavy (non-hydrogen) atoms. The Bertz CT molecular complexity index is 1620. The first kappa shape index (κ1) is 26.3. The van der Waals surface area contributed by atoms with Crippen LogP contribution in [0.3, 0.4) is 0 Å². The van der Waals surface area contributed by atoms with E-state index < -0.39 is 14.3 Å². The molecule has 0 aliphatic carbocycles. The van der Waals surface area contributed by atoms with Crippen LogP contribution in [0.25, 0.3) is 33.3 Å². The number of hydrogen-bond donors (Lipinski definition) is 1. The number of hydrogen-bond acceptors (Lipinski definition) is 7. The highest BCUT2D eigenvalue weighted by atomic mass is 35.5. The largest absolute Gasteiger partial charge is 0.456 e. The summed E-state index contributed by atoms with van der Waals surface area (Å²) in [5, 5.41) is 14.3. The third kappa shape index (κ3) is 5.17. The highest BCUT2D eigenvalue weighted by Crippen LogP contribution is 2.36. The molecule has 5 rings (SSSR count). The van der Waals surface area contributed by atoms with Gasteiger partial charge < -0.3 is 19.1 Å². The van der Waals surface area contributed by atoms with Crippen molar-refractivity contribution < 1.29 is 14.6 Å². The molecule has 5 aromatic rings. The Hall–Kier alpha value is -3.31. The molecule has 0 radical (unpaired) electrons. The molecule has 0 amide bonds. The quantitative estimate of drug-likeness (QED) is 0.225. The van der Waals surface area contributed by atoms with Gasteiger partial charge in [-0.1, -0.05) is 31.2 Å². The van der Waals surface area contributed by atoms with Gasteiger partial charge in [-0.3, -0.25) is 4.98 Å². The van der Waals surface area contributed by atoms with E-state index in [0.717, 1.165) is 22.4 Å². The minimum atomic E-state index is -1.40. The Labute approximate surface area is 227 Å². The van der Waals surface area contributed by atoms with E-state index in [1.807, 2.05) is 31.2 Å². The van der Waals surface area contributed by atoms with E-state index >= 15 is 0 Å². The zero-order valence-electron chi connectivity index (χ0n) is 22.3. The van der Waals surface area contributed by atoms with E-state index in [-0.39, 0.29) is 5.73 Å². The highest BCUT2D eigenvalue weighted by molar-refractivity contribution is 6.77. The van der Waals surface area contributed by atoms with Crippen LogP contribution in [0.4, 0.5) is 0 Å². The molecule has 2 aromatic carbocycles. The Morgan fingerprint density at radius 1 is 1.05 bits per heavy atom. The van der Waals surface area contributed by atoms with Gasteiger partial charge in [0.1, 0.15) is 40.8 Å². The highest BCUT2D eigenvalue weighted by Gasteiger charge is 2.23. The maximum Gasteiger partial charge on any atom is 0.148 e. The van der Waals surface area contributed by atoms with Crippen molar-refractivity contribution in [1.82, 2.24) is 29.3 Å². The topological polar surface area (TPSA) is 100 Å². The van der Waals surface area contributed by atoms with E-state index in [4.69, 9.17) is 31.0 Å². The molecule has 0 bridgehead atoms. The van der Waals surface area contributed by atoms with Gasteiger partial charge in [-0.05, 0) is 45.0 Å². The van der Waals surface area contributed by atoms with Gasteiger partial charge in [-0.2, -0.15) is 5.10 Å². The van der Waals surface area contributed by atoms with E-state index in [1.54, 1.807) is 31.6 Å². The number of aromatic nitrogens is 6. The van der Waals surface area contributed by atoms with Crippen LogP contribution in [0.1, 0.15) is 25.9 Å². The third-order valence-corrected chi connectivity index (χ3v) is 9.68. The maximum absolute atomic E-state index is 9.75. The number of aliphatic hydroxyl groups is 1. The first-order valence-corrected chi connectivity index (χ1v) is 16.4. The van der Waals surface area contributed by atoms with Crippen molar-refractivity contribution in [2.24, 2.45) is 0 Å². The fourth-order valence-corrected chi connectivity index (χ4v) is 4.75. The van der Waals surface area contributed by atoms with E-state index in [1.165, 1.54) is 4.68 Å². The Morgan fingerprint density at radius 3 is 2.55 bits per heavy atom. The van der Waals surface area contributed by atoms with Crippen molar-refractivity contribution >= 4 is 41.7 Å². The zero-order chi connectivity index (χ0) is 27.2. The molecule has 3 aromatic heterocycles. The number of benzene rings is 2. The smallest absolute Gasteiger partial charge is 0.148 e. The molecular formula is C27H31ClN6O3Si. The summed E-state index contributed by atoms with van der Waals surface area (Å²) >= 11 is 6.74. The second-order valence-corrected chi connectivity index (χ2v) is 16.4. The monoisotopic (exact) mass is 550 g/mol. The lowest BCUT2D eigenvalue weighted by atomic mass is 10.2. The molecule has 0 saturated carbocycles. The molecule has 0 saturated heterocycles. The maximum atomic E-state index is 9.75. The molecule has 0 aliphatic heterocycles. The second-order valence-electron chi connectivity index (χ2n) is 10.5. The summed E-state index contributed by atoms with van der Waals surface area (Å²) in [6.45, 7) is 13.1. The van der Waals surface area contributed by atoms with E-state index in [2.05, 4.69) is 41.2 Å². The van der Waals surface area contributed by atoms with E-state index in [9.17, 15) is 5.11 Å². The van der Waals surface area contributed by atoms with Crippen LogP contribution >= 0.6 is 11.6 Å². The van der Waals surface area contributed by atoms with Crippen molar-refractivity contribution in [2.75, 3.05) is 0 Å². The van der Waals surface area contributed by atoms with Crippen LogP contribution in [0.15, 0.2) is 48.9 Å². The fraction of sp³-hybridized carbons (Fsp3) is 0.333. The Kier molecular flexibility index (Phi) is 6.99. The average Bonchev–Trinajstić information content (AvgIpc) is 3.48. The SMILES string of the molecule is Cc1nc2cc(Oc3ccc4ncc(-c5cnn(C(C)O)c5)nc4c3Cl)ccc2n1COC(C)[Si](C)(C)C. The van der Waals surface area contributed by atoms with E-state index in [0.29, 0.717) is 40.0 Å². The van der Waals surface area contributed by atoms with Crippen LogP contribution in [-0.2, 0) is 11.5 Å². The molecule has 1 N–H and O–H groups in total. The number of ether oxygens (including phenoxy) is 2. The van der Waals surface area contributed by atoms with Crippen LogP contribution in [0.5, 0.6) is 11.5 Å². The van der Waals surface area contributed by atoms with Gasteiger partial charge in [0.05, 0.1) is 42.7 Å². The van der Waals surface area contributed by atoms with Crippen molar-refractivity contribution in [3.05, 3.63) is 59.8 Å². The number of nitrogens with zero attached hydrogens (tertiary/aromatic N) is 6. The molecule has 2 unspecified atom stereocenters. The summed E-state index contributed by atoms with van der Waals surface area (Å²) in [6, 6.07) is 9.38. The van der Waals surface area contributed by atoms with Gasteiger partial charge in [-0.15, -0.1) is 0 Å². The lowest BCUT2D eigenvalue weighted by molar-refractivity contribution is 0.0578. The second kappa shape index (κ2) is 10.1. The summed E-state index contributed by atoms with van der Waals surface area (Å²) in [5.74, 6) is 1.96. The van der Waals surface area contributed by atoms with Gasteiger partial charge in [-0.25, -0.2) is 14.6 Å². The van der Waals surface area contributed by atoms with Crippen LogP contribution in [-0.4, -0.2) is 48.2 Å². The number of imidazole rings is 1.